The molecule has 3 N–H and O–H groups in total. The van der Waals surface area contributed by atoms with Crippen LogP contribution in [0.3, 0.4) is 0 Å². The molecule has 1 amide bonds. The van der Waals surface area contributed by atoms with Crippen molar-refractivity contribution in [2.24, 2.45) is 5.41 Å². The molecule has 92 valence electrons. The minimum atomic E-state index is -0.226. The molecular weight excluding hydrogens is 204 g/mol. The lowest BCUT2D eigenvalue weighted by atomic mass is 9.87. The number of carbonyl (C=O) groups excluding carboxylic acids is 1. The molecule has 1 saturated heterocycles. The predicted molar refractivity (Wildman–Crippen MR) is 62.0 cm³/mol. The van der Waals surface area contributed by atoms with Crippen molar-refractivity contribution in [3.63, 3.8) is 0 Å². The molecule has 0 spiro atoms. The monoisotopic (exact) mass is 226 g/mol. The maximum absolute atomic E-state index is 12.1. The summed E-state index contributed by atoms with van der Waals surface area (Å²) in [5.41, 5.74) is -0.226. The van der Waals surface area contributed by atoms with Crippen molar-refractivity contribution in [1.82, 2.24) is 10.6 Å². The van der Waals surface area contributed by atoms with Gasteiger partial charge in [-0.15, -0.1) is 0 Å². The molecule has 2 aliphatic rings. The molecule has 1 atom stereocenters. The second-order valence-electron chi connectivity index (χ2n) is 5.47. The number of amides is 1. The SMILES string of the molecule is CC1(C(=O)NC2CCC(O)CC2)CCNC1. The van der Waals surface area contributed by atoms with Crippen LogP contribution in [-0.4, -0.2) is 36.2 Å². The summed E-state index contributed by atoms with van der Waals surface area (Å²) in [6.45, 7) is 3.75. The van der Waals surface area contributed by atoms with E-state index in [1.807, 2.05) is 6.92 Å². The van der Waals surface area contributed by atoms with Gasteiger partial charge in [0.25, 0.3) is 0 Å². The average Bonchev–Trinajstić information content (AvgIpc) is 2.70. The van der Waals surface area contributed by atoms with Crippen molar-refractivity contribution in [2.45, 2.75) is 51.2 Å². The number of rotatable bonds is 2. The topological polar surface area (TPSA) is 61.4 Å². The van der Waals surface area contributed by atoms with Crippen LogP contribution in [0.2, 0.25) is 0 Å². The van der Waals surface area contributed by atoms with Crippen LogP contribution in [-0.2, 0) is 4.79 Å². The zero-order valence-electron chi connectivity index (χ0n) is 9.96. The quantitative estimate of drug-likeness (QED) is 0.639. The van der Waals surface area contributed by atoms with Gasteiger partial charge in [-0.1, -0.05) is 0 Å². The molecule has 0 aromatic rings. The lowest BCUT2D eigenvalue weighted by Crippen LogP contribution is -2.46. The van der Waals surface area contributed by atoms with Gasteiger partial charge in [-0.2, -0.15) is 0 Å². The zero-order chi connectivity index (χ0) is 11.6. The molecule has 1 heterocycles. The van der Waals surface area contributed by atoms with Gasteiger partial charge in [-0.3, -0.25) is 4.79 Å². The van der Waals surface area contributed by atoms with E-state index in [0.29, 0.717) is 0 Å². The first-order valence-corrected chi connectivity index (χ1v) is 6.30. The van der Waals surface area contributed by atoms with Gasteiger partial charge in [0, 0.05) is 12.6 Å². The summed E-state index contributed by atoms with van der Waals surface area (Å²) in [7, 11) is 0. The van der Waals surface area contributed by atoms with Gasteiger partial charge in [0.2, 0.25) is 5.91 Å². The molecule has 2 rings (SSSR count). The van der Waals surface area contributed by atoms with E-state index in [1.54, 1.807) is 0 Å². The van der Waals surface area contributed by atoms with E-state index in [-0.39, 0.29) is 23.5 Å². The first kappa shape index (κ1) is 11.9. The van der Waals surface area contributed by atoms with Crippen molar-refractivity contribution in [1.29, 1.82) is 0 Å². The Morgan fingerprint density at radius 3 is 2.62 bits per heavy atom. The molecule has 0 radical (unpaired) electrons. The Morgan fingerprint density at radius 1 is 1.38 bits per heavy atom. The number of hydrogen-bond acceptors (Lipinski definition) is 3. The summed E-state index contributed by atoms with van der Waals surface area (Å²) in [5.74, 6) is 0.180. The first-order chi connectivity index (χ1) is 7.60. The first-order valence-electron chi connectivity index (χ1n) is 6.30. The third-order valence-electron chi connectivity index (χ3n) is 3.95. The summed E-state index contributed by atoms with van der Waals surface area (Å²) >= 11 is 0. The fraction of sp³-hybridized carbons (Fsp3) is 0.917. The number of aliphatic hydroxyl groups is 1. The maximum atomic E-state index is 12.1. The molecule has 1 aliphatic heterocycles. The van der Waals surface area contributed by atoms with E-state index in [9.17, 15) is 9.90 Å². The van der Waals surface area contributed by atoms with Gasteiger partial charge in [0.15, 0.2) is 0 Å². The zero-order valence-corrected chi connectivity index (χ0v) is 9.96. The minimum Gasteiger partial charge on any atom is -0.393 e. The van der Waals surface area contributed by atoms with E-state index in [2.05, 4.69) is 10.6 Å². The van der Waals surface area contributed by atoms with Gasteiger partial charge in [-0.25, -0.2) is 0 Å². The van der Waals surface area contributed by atoms with E-state index in [1.165, 1.54) is 0 Å². The van der Waals surface area contributed by atoms with E-state index in [0.717, 1.165) is 45.2 Å². The standard InChI is InChI=1S/C12H22N2O2/c1-12(6-7-13-8-12)11(16)14-9-2-4-10(15)5-3-9/h9-10,13,15H,2-8H2,1H3,(H,14,16). The molecule has 1 saturated carbocycles. The second-order valence-corrected chi connectivity index (χ2v) is 5.47. The molecule has 2 fully saturated rings. The van der Waals surface area contributed by atoms with E-state index in [4.69, 9.17) is 0 Å². The molecular formula is C12H22N2O2. The number of carbonyl (C=O) groups is 1. The Kier molecular flexibility index (Phi) is 3.50. The smallest absolute Gasteiger partial charge is 0.227 e. The average molecular weight is 226 g/mol. The van der Waals surface area contributed by atoms with E-state index >= 15 is 0 Å². The third-order valence-corrected chi connectivity index (χ3v) is 3.95. The van der Waals surface area contributed by atoms with Crippen molar-refractivity contribution in [2.75, 3.05) is 13.1 Å². The lowest BCUT2D eigenvalue weighted by molar-refractivity contribution is -0.130. The Labute approximate surface area is 96.8 Å². The molecule has 16 heavy (non-hydrogen) atoms. The van der Waals surface area contributed by atoms with E-state index < -0.39 is 0 Å². The second kappa shape index (κ2) is 4.72. The van der Waals surface area contributed by atoms with Gasteiger partial charge in [-0.05, 0) is 45.6 Å². The van der Waals surface area contributed by atoms with Crippen LogP contribution < -0.4 is 10.6 Å². The fourth-order valence-corrected chi connectivity index (χ4v) is 2.59. The van der Waals surface area contributed by atoms with Crippen molar-refractivity contribution < 1.29 is 9.90 Å². The van der Waals surface area contributed by atoms with Crippen molar-refractivity contribution in [3.05, 3.63) is 0 Å². The predicted octanol–water partition coefficient (Wildman–Crippen LogP) is 0.406. The minimum absolute atomic E-state index is 0.156. The number of aliphatic hydroxyl groups excluding tert-OH is 1. The molecule has 1 aliphatic carbocycles. The highest BCUT2D eigenvalue weighted by atomic mass is 16.3. The summed E-state index contributed by atoms with van der Waals surface area (Å²) in [6, 6.07) is 0.272. The lowest BCUT2D eigenvalue weighted by Gasteiger charge is -2.30. The largest absolute Gasteiger partial charge is 0.393 e. The van der Waals surface area contributed by atoms with Gasteiger partial charge < -0.3 is 15.7 Å². The molecule has 1 unspecified atom stereocenters. The van der Waals surface area contributed by atoms with Crippen LogP contribution in [0.4, 0.5) is 0 Å². The van der Waals surface area contributed by atoms with Crippen LogP contribution in [0, 0.1) is 5.41 Å². The Morgan fingerprint density at radius 2 is 2.06 bits per heavy atom. The van der Waals surface area contributed by atoms with Crippen LogP contribution in [0.15, 0.2) is 0 Å². The molecule has 0 aromatic carbocycles. The molecule has 0 aromatic heterocycles. The van der Waals surface area contributed by atoms with Gasteiger partial charge in [0.05, 0.1) is 11.5 Å². The highest BCUT2D eigenvalue weighted by Gasteiger charge is 2.37. The molecule has 4 nitrogen and oxygen atoms in total. The Bertz CT molecular complexity index is 254. The van der Waals surface area contributed by atoms with Gasteiger partial charge in [0.1, 0.15) is 0 Å². The van der Waals surface area contributed by atoms with Crippen LogP contribution >= 0.6 is 0 Å². The summed E-state index contributed by atoms with van der Waals surface area (Å²) in [5, 5.41) is 15.8. The van der Waals surface area contributed by atoms with Gasteiger partial charge >= 0.3 is 0 Å². The third kappa shape index (κ3) is 2.55. The Balaban J connectivity index is 1.83. The highest BCUT2D eigenvalue weighted by molar-refractivity contribution is 5.83. The fourth-order valence-electron chi connectivity index (χ4n) is 2.59. The number of nitrogens with one attached hydrogen (secondary N) is 2. The summed E-state index contributed by atoms with van der Waals surface area (Å²) in [6.07, 6.45) is 4.23. The summed E-state index contributed by atoms with van der Waals surface area (Å²) in [4.78, 5) is 12.1. The van der Waals surface area contributed by atoms with Crippen LogP contribution in [0.25, 0.3) is 0 Å². The van der Waals surface area contributed by atoms with Crippen LogP contribution in [0.1, 0.15) is 39.0 Å². The van der Waals surface area contributed by atoms with Crippen molar-refractivity contribution >= 4 is 5.91 Å². The Hall–Kier alpha value is -0.610. The molecule has 0 bridgehead atoms. The number of hydrogen-bond donors (Lipinski definition) is 3. The maximum Gasteiger partial charge on any atom is 0.227 e. The normalized spacial score (nSPS) is 39.6. The summed E-state index contributed by atoms with van der Waals surface area (Å²) < 4.78 is 0. The highest BCUT2D eigenvalue weighted by Crippen LogP contribution is 2.26. The molecule has 4 heteroatoms. The van der Waals surface area contributed by atoms with Crippen LogP contribution in [0.5, 0.6) is 0 Å². The van der Waals surface area contributed by atoms with Crippen molar-refractivity contribution in [3.8, 4) is 0 Å².